The van der Waals surface area contributed by atoms with E-state index in [9.17, 15) is 9.59 Å². The number of carbonyl (C=O) groups excluding carboxylic acids is 2. The van der Waals surface area contributed by atoms with E-state index in [0.29, 0.717) is 22.8 Å². The molecule has 0 fully saturated rings. The second kappa shape index (κ2) is 11.9. The molecule has 0 saturated heterocycles. The molecule has 0 aliphatic rings. The Morgan fingerprint density at radius 2 is 1.30 bits per heavy atom. The molecule has 0 bridgehead atoms. The van der Waals surface area contributed by atoms with Crippen molar-refractivity contribution in [3.8, 4) is 22.8 Å². The van der Waals surface area contributed by atoms with E-state index in [4.69, 9.17) is 4.74 Å². The Bertz CT molecular complexity index is 1440. The number of aryl methyl sites for hydroxylation is 1. The van der Waals surface area contributed by atoms with Crippen molar-refractivity contribution in [1.29, 1.82) is 0 Å². The summed E-state index contributed by atoms with van der Waals surface area (Å²) in [6.45, 7) is 2.26. The quantitative estimate of drug-likeness (QED) is 0.333. The number of ether oxygens (including phenoxy) is 2. The minimum Gasteiger partial charge on any atom is -0.465 e. The van der Waals surface area contributed by atoms with Crippen molar-refractivity contribution in [2.24, 2.45) is 0 Å². The van der Waals surface area contributed by atoms with Gasteiger partial charge in [-0.05, 0) is 47.2 Å². The normalized spacial score (nSPS) is 10.2. The zero-order valence-electron chi connectivity index (χ0n) is 20.0. The number of rotatable bonds is 6. The largest absolute Gasteiger partial charge is 0.465 e. The Labute approximate surface area is 211 Å². The van der Waals surface area contributed by atoms with Crippen LogP contribution in [0.3, 0.4) is 0 Å². The molecule has 0 aliphatic carbocycles. The summed E-state index contributed by atoms with van der Waals surface area (Å²) in [4.78, 5) is 23.2. The number of esters is 2. The van der Waals surface area contributed by atoms with Crippen LogP contribution in [0.25, 0.3) is 22.8 Å². The zero-order valence-corrected chi connectivity index (χ0v) is 20.0. The highest BCUT2D eigenvalue weighted by atomic mass is 16.5. The van der Waals surface area contributed by atoms with Gasteiger partial charge in [0, 0.05) is 11.1 Å². The van der Waals surface area contributed by atoms with Crippen LogP contribution in [-0.2, 0) is 16.1 Å². The van der Waals surface area contributed by atoms with Crippen LogP contribution in [0.5, 0.6) is 0 Å². The number of nitrogens with one attached hydrogen (secondary N) is 2. The molecule has 12 heteroatoms. The average molecular weight is 499 g/mol. The van der Waals surface area contributed by atoms with Crippen LogP contribution in [0, 0.1) is 6.92 Å². The SMILES string of the molecule is COC(=O)c1ccc(-c2nn[nH]n2)cc1.Cc1cccc(COC(=O)c2ccc(-c3nn[nH]n3)cc2)c1. The first-order valence-corrected chi connectivity index (χ1v) is 11.0. The summed E-state index contributed by atoms with van der Waals surface area (Å²) in [5.74, 6) is 0.252. The maximum absolute atomic E-state index is 12.0. The fourth-order valence-corrected chi connectivity index (χ4v) is 3.23. The molecule has 3 aromatic carbocycles. The predicted molar refractivity (Wildman–Crippen MR) is 131 cm³/mol. The highest BCUT2D eigenvalue weighted by molar-refractivity contribution is 5.90. The number of benzene rings is 3. The third-order valence-corrected chi connectivity index (χ3v) is 5.09. The molecule has 0 saturated carbocycles. The van der Waals surface area contributed by atoms with Crippen LogP contribution >= 0.6 is 0 Å². The van der Waals surface area contributed by atoms with Gasteiger partial charge in [0.1, 0.15) is 6.61 Å². The second-order valence-corrected chi connectivity index (χ2v) is 7.68. The Kier molecular flexibility index (Phi) is 8.01. The Balaban J connectivity index is 0.000000186. The van der Waals surface area contributed by atoms with E-state index in [-0.39, 0.29) is 18.5 Å². The number of H-pyrrole nitrogens is 2. The first-order chi connectivity index (χ1) is 18.0. The lowest BCUT2D eigenvalue weighted by Gasteiger charge is -2.06. The lowest BCUT2D eigenvalue weighted by Crippen LogP contribution is -2.05. The molecule has 5 aromatic rings. The van der Waals surface area contributed by atoms with Gasteiger partial charge in [-0.25, -0.2) is 9.59 Å². The topological polar surface area (TPSA) is 162 Å². The number of aromatic nitrogens is 8. The van der Waals surface area contributed by atoms with Crippen LogP contribution in [0.15, 0.2) is 72.8 Å². The molecular formula is C25H22N8O4. The standard InChI is InChI=1S/C16H14N4O2.C9H8N4O2/c1-11-3-2-4-12(9-11)10-22-16(21)14-7-5-13(6-8-14)15-17-19-20-18-15;1-15-9(14)7-4-2-6(3-5-7)8-10-12-13-11-8/h2-9H,10H2,1H3,(H,17,18,19,20);2-5H,1H3,(H,10,11,12,13). The van der Waals surface area contributed by atoms with Crippen molar-refractivity contribution in [1.82, 2.24) is 41.2 Å². The van der Waals surface area contributed by atoms with E-state index >= 15 is 0 Å². The van der Waals surface area contributed by atoms with Gasteiger partial charge >= 0.3 is 11.9 Å². The highest BCUT2D eigenvalue weighted by Gasteiger charge is 2.10. The first-order valence-electron chi connectivity index (χ1n) is 11.0. The van der Waals surface area contributed by atoms with Gasteiger partial charge in [0.2, 0.25) is 11.6 Å². The molecule has 37 heavy (non-hydrogen) atoms. The van der Waals surface area contributed by atoms with E-state index in [2.05, 4.69) is 46.0 Å². The number of methoxy groups -OCH3 is 1. The van der Waals surface area contributed by atoms with E-state index in [1.807, 2.05) is 31.2 Å². The van der Waals surface area contributed by atoms with Crippen LogP contribution in [0.4, 0.5) is 0 Å². The van der Waals surface area contributed by atoms with Crippen molar-refractivity contribution in [3.05, 3.63) is 95.1 Å². The molecule has 0 amide bonds. The molecule has 2 aromatic heterocycles. The molecule has 0 unspecified atom stereocenters. The Morgan fingerprint density at radius 3 is 1.76 bits per heavy atom. The molecule has 0 atom stereocenters. The number of tetrazole rings is 2. The van der Waals surface area contributed by atoms with Crippen molar-refractivity contribution in [2.45, 2.75) is 13.5 Å². The van der Waals surface area contributed by atoms with Gasteiger partial charge in [-0.15, -0.1) is 20.4 Å². The fraction of sp³-hybridized carbons (Fsp3) is 0.120. The molecule has 0 radical (unpaired) electrons. The molecule has 12 nitrogen and oxygen atoms in total. The van der Waals surface area contributed by atoms with E-state index in [0.717, 1.165) is 22.3 Å². The predicted octanol–water partition coefficient (Wildman–Crippen LogP) is 3.19. The minimum atomic E-state index is -0.366. The number of nitrogens with zero attached hydrogens (tertiary/aromatic N) is 6. The van der Waals surface area contributed by atoms with Crippen molar-refractivity contribution < 1.29 is 19.1 Å². The van der Waals surface area contributed by atoms with Gasteiger partial charge < -0.3 is 9.47 Å². The average Bonchev–Trinajstić information content (AvgIpc) is 3.67. The Hall–Kier alpha value is -5.26. The number of hydrogen-bond donors (Lipinski definition) is 2. The smallest absolute Gasteiger partial charge is 0.338 e. The van der Waals surface area contributed by atoms with Crippen molar-refractivity contribution in [3.63, 3.8) is 0 Å². The van der Waals surface area contributed by atoms with Gasteiger partial charge in [-0.3, -0.25) is 0 Å². The lowest BCUT2D eigenvalue weighted by molar-refractivity contribution is 0.0472. The summed E-state index contributed by atoms with van der Waals surface area (Å²) < 4.78 is 9.89. The van der Waals surface area contributed by atoms with Gasteiger partial charge in [-0.1, -0.05) is 54.1 Å². The molecule has 2 N–H and O–H groups in total. The third kappa shape index (κ3) is 6.66. The van der Waals surface area contributed by atoms with Crippen molar-refractivity contribution >= 4 is 11.9 Å². The molecule has 0 aliphatic heterocycles. The molecule has 5 rings (SSSR count). The zero-order chi connectivity index (χ0) is 26.0. The van der Waals surface area contributed by atoms with Crippen LogP contribution < -0.4 is 0 Å². The van der Waals surface area contributed by atoms with E-state index in [1.165, 1.54) is 7.11 Å². The summed E-state index contributed by atoms with van der Waals surface area (Å²) >= 11 is 0. The van der Waals surface area contributed by atoms with E-state index in [1.54, 1.807) is 48.5 Å². The van der Waals surface area contributed by atoms with E-state index < -0.39 is 0 Å². The first kappa shape index (κ1) is 24.9. The van der Waals surface area contributed by atoms with Gasteiger partial charge in [0.05, 0.1) is 18.2 Å². The molecule has 0 spiro atoms. The highest BCUT2D eigenvalue weighted by Crippen LogP contribution is 2.16. The van der Waals surface area contributed by atoms with Gasteiger partial charge in [0.25, 0.3) is 0 Å². The van der Waals surface area contributed by atoms with Crippen molar-refractivity contribution in [2.75, 3.05) is 7.11 Å². The summed E-state index contributed by atoms with van der Waals surface area (Å²) in [5, 5.41) is 27.1. The molecular weight excluding hydrogens is 476 g/mol. The van der Waals surface area contributed by atoms with Crippen LogP contribution in [0.1, 0.15) is 31.8 Å². The maximum Gasteiger partial charge on any atom is 0.338 e. The second-order valence-electron chi connectivity index (χ2n) is 7.68. The number of aromatic amines is 2. The molecule has 2 heterocycles. The summed E-state index contributed by atoms with van der Waals surface area (Å²) in [6, 6.07) is 21.5. The lowest BCUT2D eigenvalue weighted by atomic mass is 10.1. The minimum absolute atomic E-state index is 0.257. The number of carbonyl (C=O) groups is 2. The monoisotopic (exact) mass is 498 g/mol. The van der Waals surface area contributed by atoms with Crippen LogP contribution in [-0.4, -0.2) is 60.3 Å². The fourth-order valence-electron chi connectivity index (χ4n) is 3.23. The summed E-state index contributed by atoms with van der Waals surface area (Å²) in [5.41, 5.74) is 4.65. The Morgan fingerprint density at radius 1 is 0.757 bits per heavy atom. The summed E-state index contributed by atoms with van der Waals surface area (Å²) in [6.07, 6.45) is 0. The van der Waals surface area contributed by atoms with Gasteiger partial charge in [0.15, 0.2) is 0 Å². The maximum atomic E-state index is 12.0. The van der Waals surface area contributed by atoms with Crippen LogP contribution in [0.2, 0.25) is 0 Å². The van der Waals surface area contributed by atoms with Gasteiger partial charge in [-0.2, -0.15) is 10.4 Å². The number of hydrogen-bond acceptors (Lipinski definition) is 10. The summed E-state index contributed by atoms with van der Waals surface area (Å²) in [7, 11) is 1.34. The molecule has 186 valence electrons. The third-order valence-electron chi connectivity index (χ3n) is 5.09.